The number of benzene rings is 1. The van der Waals surface area contributed by atoms with Gasteiger partial charge in [-0.15, -0.1) is 0 Å². The first-order chi connectivity index (χ1) is 7.83. The van der Waals surface area contributed by atoms with Crippen LogP contribution in [0.4, 0.5) is 11.5 Å². The number of anilines is 2. The van der Waals surface area contributed by atoms with Gasteiger partial charge in [0.1, 0.15) is 5.82 Å². The molecule has 0 radical (unpaired) electrons. The molecule has 4 N–H and O–H groups in total. The smallest absolute Gasteiger partial charge is 0.135 e. The second kappa shape index (κ2) is 4.81. The molecule has 0 saturated carbocycles. The van der Waals surface area contributed by atoms with Gasteiger partial charge in [-0.05, 0) is 23.9 Å². The zero-order valence-electron chi connectivity index (χ0n) is 8.98. The van der Waals surface area contributed by atoms with E-state index < -0.39 is 0 Å². The lowest BCUT2D eigenvalue weighted by Crippen LogP contribution is -2.06. The molecule has 0 aliphatic heterocycles. The van der Waals surface area contributed by atoms with E-state index in [1.807, 2.05) is 24.3 Å². The summed E-state index contributed by atoms with van der Waals surface area (Å²) in [7, 11) is 0. The van der Waals surface area contributed by atoms with Crippen LogP contribution in [-0.4, -0.2) is 23.2 Å². The van der Waals surface area contributed by atoms with Crippen molar-refractivity contribution in [3.05, 3.63) is 30.5 Å². The molecule has 0 amide bonds. The Balaban J connectivity index is 2.37. The average Bonchev–Trinajstić information content (AvgIpc) is 2.30. The van der Waals surface area contributed by atoms with Crippen LogP contribution in [0, 0.1) is 0 Å². The van der Waals surface area contributed by atoms with Crippen molar-refractivity contribution in [2.75, 3.05) is 24.2 Å². The molecule has 4 nitrogen and oxygen atoms in total. The monoisotopic (exact) mass is 217 g/mol. The second-order valence-electron chi connectivity index (χ2n) is 3.61. The van der Waals surface area contributed by atoms with Crippen molar-refractivity contribution in [2.45, 2.75) is 6.42 Å². The van der Waals surface area contributed by atoms with Gasteiger partial charge in [0.15, 0.2) is 0 Å². The number of hydrogen-bond acceptors (Lipinski definition) is 4. The fourth-order valence-corrected chi connectivity index (χ4v) is 1.68. The van der Waals surface area contributed by atoms with Crippen LogP contribution in [0.15, 0.2) is 30.5 Å². The summed E-state index contributed by atoms with van der Waals surface area (Å²) in [5.74, 6) is 0.782. The first-order valence-corrected chi connectivity index (χ1v) is 5.31. The summed E-state index contributed by atoms with van der Waals surface area (Å²) in [6, 6.07) is 7.73. The highest BCUT2D eigenvalue weighted by Gasteiger charge is 2.04. The number of aliphatic hydroxyl groups is 1. The standard InChI is InChI=1S/C12H15N3O/c13-10-4-1-3-9-5-7-15-12(11(9)10)14-6-2-8-16/h1,3-5,7,16H,2,6,8,13H2,(H,14,15). The minimum absolute atomic E-state index is 0.174. The predicted octanol–water partition coefficient (Wildman–Crippen LogP) is 1.61. The van der Waals surface area contributed by atoms with Crippen LogP contribution in [0.25, 0.3) is 10.8 Å². The van der Waals surface area contributed by atoms with Gasteiger partial charge in [-0.25, -0.2) is 4.98 Å². The Kier molecular flexibility index (Phi) is 3.22. The summed E-state index contributed by atoms with van der Waals surface area (Å²) < 4.78 is 0. The van der Waals surface area contributed by atoms with Gasteiger partial charge in [0.2, 0.25) is 0 Å². The minimum atomic E-state index is 0.174. The lowest BCUT2D eigenvalue weighted by Gasteiger charge is -2.09. The van der Waals surface area contributed by atoms with Crippen molar-refractivity contribution in [2.24, 2.45) is 0 Å². The van der Waals surface area contributed by atoms with Gasteiger partial charge in [0.25, 0.3) is 0 Å². The number of hydrogen-bond donors (Lipinski definition) is 3. The molecule has 2 aromatic rings. The quantitative estimate of drug-likeness (QED) is 0.537. The van der Waals surface area contributed by atoms with E-state index in [0.29, 0.717) is 13.0 Å². The molecule has 0 bridgehead atoms. The van der Waals surface area contributed by atoms with Crippen molar-refractivity contribution in [3.63, 3.8) is 0 Å². The first-order valence-electron chi connectivity index (χ1n) is 5.31. The third-order valence-corrected chi connectivity index (χ3v) is 2.45. The Morgan fingerprint density at radius 1 is 1.31 bits per heavy atom. The van der Waals surface area contributed by atoms with Crippen LogP contribution >= 0.6 is 0 Å². The Morgan fingerprint density at radius 3 is 3.00 bits per heavy atom. The molecule has 4 heteroatoms. The van der Waals surface area contributed by atoms with Gasteiger partial charge in [-0.2, -0.15) is 0 Å². The highest BCUT2D eigenvalue weighted by atomic mass is 16.3. The first kappa shape index (κ1) is 10.7. The molecule has 0 spiro atoms. The zero-order chi connectivity index (χ0) is 11.4. The van der Waals surface area contributed by atoms with Crippen molar-refractivity contribution < 1.29 is 5.11 Å². The Bertz CT molecular complexity index is 479. The molecule has 0 saturated heterocycles. The third kappa shape index (κ3) is 2.06. The summed E-state index contributed by atoms with van der Waals surface area (Å²) in [6.07, 6.45) is 2.45. The van der Waals surface area contributed by atoms with Crippen LogP contribution in [0.3, 0.4) is 0 Å². The van der Waals surface area contributed by atoms with E-state index in [1.54, 1.807) is 6.20 Å². The highest BCUT2D eigenvalue weighted by Crippen LogP contribution is 2.26. The molecule has 0 aliphatic carbocycles. The number of nitrogens with one attached hydrogen (secondary N) is 1. The van der Waals surface area contributed by atoms with E-state index in [4.69, 9.17) is 10.8 Å². The molecule has 1 aromatic carbocycles. The van der Waals surface area contributed by atoms with E-state index in [0.717, 1.165) is 22.3 Å². The fourth-order valence-electron chi connectivity index (χ4n) is 1.68. The molecular formula is C12H15N3O. The van der Waals surface area contributed by atoms with Gasteiger partial charge in [0, 0.05) is 30.4 Å². The van der Waals surface area contributed by atoms with E-state index in [2.05, 4.69) is 10.3 Å². The maximum atomic E-state index is 8.73. The van der Waals surface area contributed by atoms with E-state index in [-0.39, 0.29) is 6.61 Å². The summed E-state index contributed by atoms with van der Waals surface area (Å²) >= 11 is 0. The number of aliphatic hydroxyl groups excluding tert-OH is 1. The minimum Gasteiger partial charge on any atom is -0.398 e. The predicted molar refractivity (Wildman–Crippen MR) is 66.3 cm³/mol. The Hall–Kier alpha value is -1.81. The molecule has 0 unspecified atom stereocenters. The zero-order valence-corrected chi connectivity index (χ0v) is 8.98. The van der Waals surface area contributed by atoms with Gasteiger partial charge >= 0.3 is 0 Å². The highest BCUT2D eigenvalue weighted by molar-refractivity contribution is 6.00. The lowest BCUT2D eigenvalue weighted by molar-refractivity contribution is 0.292. The van der Waals surface area contributed by atoms with E-state index in [1.165, 1.54) is 0 Å². The summed E-state index contributed by atoms with van der Waals surface area (Å²) in [6.45, 7) is 0.865. The molecule has 1 aromatic heterocycles. The number of nitrogens with zero attached hydrogens (tertiary/aromatic N) is 1. The summed E-state index contributed by atoms with van der Waals surface area (Å²) in [5.41, 5.74) is 6.65. The maximum absolute atomic E-state index is 8.73. The number of pyridine rings is 1. The average molecular weight is 217 g/mol. The fraction of sp³-hybridized carbons (Fsp3) is 0.250. The number of nitrogen functional groups attached to an aromatic ring is 1. The van der Waals surface area contributed by atoms with Crippen molar-refractivity contribution in [1.29, 1.82) is 0 Å². The van der Waals surface area contributed by atoms with E-state index >= 15 is 0 Å². The number of aromatic nitrogens is 1. The lowest BCUT2D eigenvalue weighted by atomic mass is 10.1. The van der Waals surface area contributed by atoms with Gasteiger partial charge in [-0.1, -0.05) is 12.1 Å². The molecular weight excluding hydrogens is 202 g/mol. The summed E-state index contributed by atoms with van der Waals surface area (Å²) in [4.78, 5) is 4.27. The molecule has 16 heavy (non-hydrogen) atoms. The molecule has 84 valence electrons. The van der Waals surface area contributed by atoms with Crippen LogP contribution in [0.2, 0.25) is 0 Å². The maximum Gasteiger partial charge on any atom is 0.135 e. The van der Waals surface area contributed by atoms with Crippen molar-refractivity contribution in [3.8, 4) is 0 Å². The third-order valence-electron chi connectivity index (χ3n) is 2.45. The largest absolute Gasteiger partial charge is 0.398 e. The van der Waals surface area contributed by atoms with Crippen molar-refractivity contribution in [1.82, 2.24) is 4.98 Å². The number of rotatable bonds is 4. The number of fused-ring (bicyclic) bond motifs is 1. The topological polar surface area (TPSA) is 71.2 Å². The van der Waals surface area contributed by atoms with Crippen LogP contribution in [0.5, 0.6) is 0 Å². The second-order valence-corrected chi connectivity index (χ2v) is 3.61. The molecule has 1 heterocycles. The molecule has 0 fully saturated rings. The Morgan fingerprint density at radius 2 is 2.19 bits per heavy atom. The van der Waals surface area contributed by atoms with Gasteiger partial charge in [-0.3, -0.25) is 0 Å². The SMILES string of the molecule is Nc1cccc2ccnc(NCCCO)c12. The molecule has 2 rings (SSSR count). The van der Waals surface area contributed by atoms with Crippen molar-refractivity contribution >= 4 is 22.3 Å². The van der Waals surface area contributed by atoms with Gasteiger partial charge < -0.3 is 16.2 Å². The molecule has 0 atom stereocenters. The van der Waals surface area contributed by atoms with Crippen LogP contribution < -0.4 is 11.1 Å². The van der Waals surface area contributed by atoms with Crippen LogP contribution in [0.1, 0.15) is 6.42 Å². The Labute approximate surface area is 94.1 Å². The summed E-state index contributed by atoms with van der Waals surface area (Å²) in [5, 5.41) is 13.9. The van der Waals surface area contributed by atoms with Gasteiger partial charge in [0.05, 0.1) is 0 Å². The normalized spacial score (nSPS) is 10.6. The molecule has 0 aliphatic rings. The van der Waals surface area contributed by atoms with E-state index in [9.17, 15) is 0 Å². The number of nitrogens with two attached hydrogens (primary N) is 1. The van der Waals surface area contributed by atoms with Crippen LogP contribution in [-0.2, 0) is 0 Å².